The SMILES string of the molecule is NC(CSc1ccc(F)cc1)Cc1cc(F)cc(Br)c1. The molecule has 0 fully saturated rings. The van der Waals surface area contributed by atoms with Gasteiger partial charge in [-0.05, 0) is 54.4 Å². The molecule has 2 aromatic rings. The largest absolute Gasteiger partial charge is 0.327 e. The highest BCUT2D eigenvalue weighted by Crippen LogP contribution is 2.21. The third kappa shape index (κ3) is 4.89. The van der Waals surface area contributed by atoms with E-state index in [9.17, 15) is 8.78 Å². The Kier molecular flexibility index (Phi) is 5.57. The minimum atomic E-state index is -0.271. The molecular weight excluding hydrogens is 344 g/mol. The lowest BCUT2D eigenvalue weighted by molar-refractivity contribution is 0.622. The summed E-state index contributed by atoms with van der Waals surface area (Å²) < 4.78 is 26.7. The van der Waals surface area contributed by atoms with Crippen LogP contribution in [-0.4, -0.2) is 11.8 Å². The first-order valence-electron chi connectivity index (χ1n) is 6.12. The van der Waals surface area contributed by atoms with Crippen molar-refractivity contribution in [2.75, 3.05) is 5.75 Å². The Hall–Kier alpha value is -0.910. The molecule has 106 valence electrons. The molecule has 1 nitrogen and oxygen atoms in total. The Labute approximate surface area is 129 Å². The Morgan fingerprint density at radius 2 is 1.75 bits per heavy atom. The van der Waals surface area contributed by atoms with Crippen LogP contribution in [0.2, 0.25) is 0 Å². The summed E-state index contributed by atoms with van der Waals surface area (Å²) in [6.45, 7) is 0. The first-order chi connectivity index (χ1) is 9.52. The summed E-state index contributed by atoms with van der Waals surface area (Å²) >= 11 is 4.83. The Morgan fingerprint density at radius 1 is 1.05 bits per heavy atom. The Balaban J connectivity index is 1.88. The molecule has 0 spiro atoms. The van der Waals surface area contributed by atoms with Gasteiger partial charge in [-0.2, -0.15) is 0 Å². The van der Waals surface area contributed by atoms with E-state index in [1.54, 1.807) is 23.9 Å². The average molecular weight is 358 g/mol. The molecule has 5 heteroatoms. The van der Waals surface area contributed by atoms with Crippen LogP contribution >= 0.6 is 27.7 Å². The van der Waals surface area contributed by atoms with Crippen LogP contribution < -0.4 is 5.73 Å². The zero-order valence-corrected chi connectivity index (χ0v) is 13.1. The smallest absolute Gasteiger partial charge is 0.124 e. The highest BCUT2D eigenvalue weighted by atomic mass is 79.9. The van der Waals surface area contributed by atoms with Gasteiger partial charge in [-0.15, -0.1) is 11.8 Å². The van der Waals surface area contributed by atoms with E-state index < -0.39 is 0 Å². The van der Waals surface area contributed by atoms with Crippen molar-refractivity contribution >= 4 is 27.7 Å². The van der Waals surface area contributed by atoms with Crippen LogP contribution in [0.5, 0.6) is 0 Å². The lowest BCUT2D eigenvalue weighted by Crippen LogP contribution is -2.25. The lowest BCUT2D eigenvalue weighted by Gasteiger charge is -2.12. The van der Waals surface area contributed by atoms with E-state index in [1.807, 2.05) is 6.07 Å². The zero-order valence-electron chi connectivity index (χ0n) is 10.7. The molecule has 20 heavy (non-hydrogen) atoms. The molecule has 0 radical (unpaired) electrons. The van der Waals surface area contributed by atoms with E-state index >= 15 is 0 Å². The third-order valence-electron chi connectivity index (χ3n) is 2.70. The second kappa shape index (κ2) is 7.20. The van der Waals surface area contributed by atoms with Crippen LogP contribution in [0.15, 0.2) is 51.8 Å². The van der Waals surface area contributed by atoms with Gasteiger partial charge in [0.2, 0.25) is 0 Å². The van der Waals surface area contributed by atoms with E-state index in [0.717, 1.165) is 10.5 Å². The van der Waals surface area contributed by atoms with Crippen molar-refractivity contribution in [1.29, 1.82) is 0 Å². The highest BCUT2D eigenvalue weighted by molar-refractivity contribution is 9.10. The fourth-order valence-corrected chi connectivity index (χ4v) is 3.19. The molecule has 0 aliphatic rings. The summed E-state index contributed by atoms with van der Waals surface area (Å²) in [5, 5.41) is 0. The molecule has 0 aliphatic heterocycles. The topological polar surface area (TPSA) is 26.0 Å². The van der Waals surface area contributed by atoms with Crippen molar-refractivity contribution in [3.05, 3.63) is 64.1 Å². The van der Waals surface area contributed by atoms with Crippen LogP contribution in [0.4, 0.5) is 8.78 Å². The predicted octanol–water partition coefficient (Wildman–Crippen LogP) is 4.39. The minimum absolute atomic E-state index is 0.0845. The number of halogens is 3. The number of rotatable bonds is 5. The van der Waals surface area contributed by atoms with E-state index in [-0.39, 0.29) is 17.7 Å². The summed E-state index contributed by atoms with van der Waals surface area (Å²) in [6, 6.07) is 11.0. The van der Waals surface area contributed by atoms with E-state index in [1.165, 1.54) is 24.3 Å². The maximum Gasteiger partial charge on any atom is 0.124 e. The molecule has 2 N–H and O–H groups in total. The van der Waals surface area contributed by atoms with Crippen LogP contribution in [0.3, 0.4) is 0 Å². The minimum Gasteiger partial charge on any atom is -0.327 e. The van der Waals surface area contributed by atoms with Crippen molar-refractivity contribution in [3.63, 3.8) is 0 Å². The van der Waals surface area contributed by atoms with E-state index in [4.69, 9.17) is 5.73 Å². The number of hydrogen-bond acceptors (Lipinski definition) is 2. The van der Waals surface area contributed by atoms with Crippen molar-refractivity contribution < 1.29 is 8.78 Å². The van der Waals surface area contributed by atoms with Gasteiger partial charge in [0.25, 0.3) is 0 Å². The molecule has 1 unspecified atom stereocenters. The predicted molar refractivity (Wildman–Crippen MR) is 82.9 cm³/mol. The molecule has 0 aromatic heterocycles. The maximum absolute atomic E-state index is 13.3. The molecule has 0 saturated heterocycles. The van der Waals surface area contributed by atoms with Crippen molar-refractivity contribution in [2.24, 2.45) is 5.73 Å². The molecule has 0 bridgehead atoms. The van der Waals surface area contributed by atoms with Crippen molar-refractivity contribution in [2.45, 2.75) is 17.4 Å². The Morgan fingerprint density at radius 3 is 2.40 bits per heavy atom. The van der Waals surface area contributed by atoms with Gasteiger partial charge in [0.05, 0.1) is 0 Å². The van der Waals surface area contributed by atoms with Gasteiger partial charge in [-0.25, -0.2) is 8.78 Å². The summed E-state index contributed by atoms with van der Waals surface area (Å²) in [5.74, 6) is 0.177. The lowest BCUT2D eigenvalue weighted by atomic mass is 10.1. The van der Waals surface area contributed by atoms with Gasteiger partial charge in [-0.3, -0.25) is 0 Å². The van der Waals surface area contributed by atoms with Gasteiger partial charge in [0.1, 0.15) is 11.6 Å². The molecule has 0 aliphatic carbocycles. The highest BCUT2D eigenvalue weighted by Gasteiger charge is 2.07. The number of benzene rings is 2. The Bertz CT molecular complexity index is 554. The molecule has 2 aromatic carbocycles. The molecular formula is C15H14BrF2NS. The van der Waals surface area contributed by atoms with Gasteiger partial charge >= 0.3 is 0 Å². The second-order valence-corrected chi connectivity index (χ2v) is 6.52. The first-order valence-corrected chi connectivity index (χ1v) is 7.90. The zero-order chi connectivity index (χ0) is 14.5. The van der Waals surface area contributed by atoms with Crippen molar-refractivity contribution in [1.82, 2.24) is 0 Å². The molecule has 0 saturated carbocycles. The third-order valence-corrected chi connectivity index (χ3v) is 4.36. The van der Waals surface area contributed by atoms with Crippen LogP contribution in [0.25, 0.3) is 0 Å². The number of thioether (sulfide) groups is 1. The van der Waals surface area contributed by atoms with Crippen LogP contribution in [0, 0.1) is 11.6 Å². The van der Waals surface area contributed by atoms with E-state index in [2.05, 4.69) is 15.9 Å². The standard InChI is InChI=1S/C15H14BrF2NS/c16-11-5-10(6-13(18)8-11)7-14(19)9-20-15-3-1-12(17)2-4-15/h1-6,8,14H,7,9,19H2. The summed E-state index contributed by atoms with van der Waals surface area (Å²) in [4.78, 5) is 0.974. The summed E-state index contributed by atoms with van der Waals surface area (Å²) in [5.41, 5.74) is 6.92. The van der Waals surface area contributed by atoms with Gasteiger partial charge in [-0.1, -0.05) is 15.9 Å². The molecule has 0 heterocycles. The van der Waals surface area contributed by atoms with E-state index in [0.29, 0.717) is 16.6 Å². The maximum atomic E-state index is 13.3. The molecule has 2 rings (SSSR count). The average Bonchev–Trinajstić information content (AvgIpc) is 2.37. The fraction of sp³-hybridized carbons (Fsp3) is 0.200. The summed E-state index contributed by atoms with van der Waals surface area (Å²) in [7, 11) is 0. The van der Waals surface area contributed by atoms with Crippen molar-refractivity contribution in [3.8, 4) is 0 Å². The normalized spacial score (nSPS) is 12.4. The van der Waals surface area contributed by atoms with Gasteiger partial charge in [0, 0.05) is 21.2 Å². The van der Waals surface area contributed by atoms with Crippen LogP contribution in [-0.2, 0) is 6.42 Å². The van der Waals surface area contributed by atoms with Gasteiger partial charge < -0.3 is 5.73 Å². The fourth-order valence-electron chi connectivity index (χ4n) is 1.82. The number of hydrogen-bond donors (Lipinski definition) is 1. The monoisotopic (exact) mass is 357 g/mol. The summed E-state index contributed by atoms with van der Waals surface area (Å²) in [6.07, 6.45) is 0.602. The first kappa shape index (κ1) is 15.5. The molecule has 0 amide bonds. The van der Waals surface area contributed by atoms with Crippen LogP contribution in [0.1, 0.15) is 5.56 Å². The van der Waals surface area contributed by atoms with Gasteiger partial charge in [0.15, 0.2) is 0 Å². The second-order valence-electron chi connectivity index (χ2n) is 4.51. The molecule has 1 atom stereocenters. The number of nitrogens with two attached hydrogens (primary N) is 1. The quantitative estimate of drug-likeness (QED) is 0.803.